The number of carbonyl (C=O) groups is 2. The summed E-state index contributed by atoms with van der Waals surface area (Å²) in [4.78, 5) is 26.0. The van der Waals surface area contributed by atoms with Crippen LogP contribution >= 0.6 is 0 Å². The highest BCUT2D eigenvalue weighted by atomic mass is 16.5. The van der Waals surface area contributed by atoms with E-state index in [1.165, 1.54) is 12.3 Å². The van der Waals surface area contributed by atoms with E-state index in [9.17, 15) is 14.7 Å². The Morgan fingerprint density at radius 1 is 1.31 bits per heavy atom. The van der Waals surface area contributed by atoms with Gasteiger partial charge in [-0.1, -0.05) is 24.0 Å². The first kappa shape index (κ1) is 18.8. The van der Waals surface area contributed by atoms with Crippen LogP contribution in [0.1, 0.15) is 27.2 Å². The van der Waals surface area contributed by atoms with E-state index in [2.05, 4.69) is 22.1 Å². The van der Waals surface area contributed by atoms with Crippen LogP contribution in [0.15, 0.2) is 30.5 Å². The number of hydrogen-bond donors (Lipinski definition) is 3. The largest absolute Gasteiger partial charge is 0.505 e. The molecular formula is C19H18N2O5. The third-order valence-electron chi connectivity index (χ3n) is 3.57. The number of nitrogens with zero attached hydrogens (tertiary/aromatic N) is 1. The van der Waals surface area contributed by atoms with Crippen molar-refractivity contribution >= 4 is 11.9 Å². The molecule has 1 heterocycles. The summed E-state index contributed by atoms with van der Waals surface area (Å²) in [6.07, 6.45) is 1.32. The van der Waals surface area contributed by atoms with Crippen molar-refractivity contribution < 1.29 is 24.5 Å². The predicted molar refractivity (Wildman–Crippen MR) is 94.2 cm³/mol. The minimum atomic E-state index is -1.19. The van der Waals surface area contributed by atoms with Crippen LogP contribution in [0.3, 0.4) is 0 Å². The van der Waals surface area contributed by atoms with E-state index >= 15 is 0 Å². The van der Waals surface area contributed by atoms with Crippen LogP contribution in [0.4, 0.5) is 0 Å². The molecule has 0 saturated heterocycles. The number of aryl methyl sites for hydroxylation is 1. The van der Waals surface area contributed by atoms with Crippen LogP contribution in [-0.4, -0.2) is 40.2 Å². The molecule has 0 fully saturated rings. The number of carboxylic acid groups (broad SMARTS) is 1. The summed E-state index contributed by atoms with van der Waals surface area (Å²) in [6.45, 7) is 3.56. The molecule has 3 N–H and O–H groups in total. The van der Waals surface area contributed by atoms with Gasteiger partial charge in [-0.05, 0) is 37.1 Å². The molecule has 1 aromatic carbocycles. The second-order valence-electron chi connectivity index (χ2n) is 5.46. The van der Waals surface area contributed by atoms with E-state index < -0.39 is 18.4 Å². The fourth-order valence-electron chi connectivity index (χ4n) is 2.07. The summed E-state index contributed by atoms with van der Waals surface area (Å²) in [7, 11) is 0. The number of aliphatic carboxylic acids is 1. The summed E-state index contributed by atoms with van der Waals surface area (Å²) < 4.78 is 5.61. The average Bonchev–Trinajstić information content (AvgIpc) is 2.60. The summed E-state index contributed by atoms with van der Waals surface area (Å²) in [5.74, 6) is 4.00. The van der Waals surface area contributed by atoms with Gasteiger partial charge in [0.05, 0.1) is 0 Å². The Kier molecular flexibility index (Phi) is 6.17. The number of pyridine rings is 1. The van der Waals surface area contributed by atoms with Crippen molar-refractivity contribution in [3.05, 3.63) is 52.8 Å². The first-order valence-corrected chi connectivity index (χ1v) is 7.75. The normalized spacial score (nSPS) is 9.77. The van der Waals surface area contributed by atoms with Crippen LogP contribution < -0.4 is 10.1 Å². The molecule has 26 heavy (non-hydrogen) atoms. The molecule has 0 radical (unpaired) electrons. The predicted octanol–water partition coefficient (Wildman–Crippen LogP) is 1.65. The van der Waals surface area contributed by atoms with E-state index in [0.717, 1.165) is 16.9 Å². The van der Waals surface area contributed by atoms with Gasteiger partial charge in [0.1, 0.15) is 24.7 Å². The van der Waals surface area contributed by atoms with E-state index in [1.54, 1.807) is 0 Å². The molecule has 0 spiro atoms. The van der Waals surface area contributed by atoms with Gasteiger partial charge in [0.25, 0.3) is 5.91 Å². The summed E-state index contributed by atoms with van der Waals surface area (Å²) >= 11 is 0. The smallest absolute Gasteiger partial charge is 0.322 e. The number of amides is 1. The molecule has 2 aromatic rings. The van der Waals surface area contributed by atoms with Gasteiger partial charge < -0.3 is 20.3 Å². The summed E-state index contributed by atoms with van der Waals surface area (Å²) in [5, 5.41) is 20.5. The van der Waals surface area contributed by atoms with Crippen LogP contribution in [0.2, 0.25) is 0 Å². The van der Waals surface area contributed by atoms with Crippen molar-refractivity contribution in [3.63, 3.8) is 0 Å². The number of benzene rings is 1. The molecular weight excluding hydrogens is 336 g/mol. The number of rotatable bonds is 5. The maximum absolute atomic E-state index is 11.7. The maximum atomic E-state index is 11.7. The Morgan fingerprint density at radius 3 is 2.77 bits per heavy atom. The SMILES string of the molecule is Cc1cccc(OCC#Cc2cnc(C(=O)NCC(=O)O)c(O)c2)c1C. The fraction of sp³-hybridized carbons (Fsp3) is 0.211. The molecule has 7 heteroatoms. The topological polar surface area (TPSA) is 109 Å². The average molecular weight is 354 g/mol. The van der Waals surface area contributed by atoms with Crippen LogP contribution in [0, 0.1) is 25.7 Å². The van der Waals surface area contributed by atoms with E-state index in [-0.39, 0.29) is 18.1 Å². The highest BCUT2D eigenvalue weighted by molar-refractivity contribution is 5.96. The van der Waals surface area contributed by atoms with Crippen LogP contribution in [0.5, 0.6) is 11.5 Å². The zero-order chi connectivity index (χ0) is 19.1. The molecule has 134 valence electrons. The third kappa shape index (κ3) is 4.98. The molecule has 0 aliphatic heterocycles. The lowest BCUT2D eigenvalue weighted by Gasteiger charge is -2.07. The first-order chi connectivity index (χ1) is 12.4. The molecule has 7 nitrogen and oxygen atoms in total. The Morgan fingerprint density at radius 2 is 2.08 bits per heavy atom. The first-order valence-electron chi connectivity index (χ1n) is 7.75. The molecule has 0 atom stereocenters. The number of aromatic hydroxyl groups is 1. The van der Waals surface area contributed by atoms with Crippen molar-refractivity contribution in [1.29, 1.82) is 0 Å². The monoisotopic (exact) mass is 354 g/mol. The Labute approximate surface area is 150 Å². The number of nitrogens with one attached hydrogen (secondary N) is 1. The highest BCUT2D eigenvalue weighted by Gasteiger charge is 2.13. The summed E-state index contributed by atoms with van der Waals surface area (Å²) in [5.41, 5.74) is 2.32. The van der Waals surface area contributed by atoms with E-state index in [4.69, 9.17) is 9.84 Å². The minimum absolute atomic E-state index is 0.159. The molecule has 0 bridgehead atoms. The number of carbonyl (C=O) groups excluding carboxylic acids is 1. The van der Waals surface area contributed by atoms with Crippen molar-refractivity contribution in [2.24, 2.45) is 0 Å². The van der Waals surface area contributed by atoms with Crippen molar-refractivity contribution in [3.8, 4) is 23.3 Å². The van der Waals surface area contributed by atoms with Gasteiger partial charge in [-0.15, -0.1) is 0 Å². The van der Waals surface area contributed by atoms with Gasteiger partial charge in [0.2, 0.25) is 0 Å². The second-order valence-corrected chi connectivity index (χ2v) is 5.46. The second kappa shape index (κ2) is 8.53. The molecule has 1 amide bonds. The van der Waals surface area contributed by atoms with E-state index in [0.29, 0.717) is 5.56 Å². The van der Waals surface area contributed by atoms with Crippen molar-refractivity contribution in [2.75, 3.05) is 13.2 Å². The highest BCUT2D eigenvalue weighted by Crippen LogP contribution is 2.20. The van der Waals surface area contributed by atoms with Crippen molar-refractivity contribution in [1.82, 2.24) is 10.3 Å². The van der Waals surface area contributed by atoms with Gasteiger partial charge in [0.15, 0.2) is 5.69 Å². The minimum Gasteiger partial charge on any atom is -0.505 e. The van der Waals surface area contributed by atoms with Gasteiger partial charge >= 0.3 is 5.97 Å². The Bertz CT molecular complexity index is 897. The van der Waals surface area contributed by atoms with Gasteiger partial charge in [-0.3, -0.25) is 9.59 Å². The molecule has 0 aliphatic carbocycles. The van der Waals surface area contributed by atoms with Gasteiger partial charge in [-0.2, -0.15) is 0 Å². The molecule has 0 saturated carbocycles. The van der Waals surface area contributed by atoms with Gasteiger partial charge in [-0.25, -0.2) is 4.98 Å². The van der Waals surface area contributed by atoms with Crippen LogP contribution in [-0.2, 0) is 4.79 Å². The van der Waals surface area contributed by atoms with Gasteiger partial charge in [0, 0.05) is 11.8 Å². The Balaban J connectivity index is 2.00. The summed E-state index contributed by atoms with van der Waals surface area (Å²) in [6, 6.07) is 7.05. The van der Waals surface area contributed by atoms with Crippen molar-refractivity contribution in [2.45, 2.75) is 13.8 Å². The lowest BCUT2D eigenvalue weighted by molar-refractivity contribution is -0.135. The van der Waals surface area contributed by atoms with E-state index in [1.807, 2.05) is 32.0 Å². The zero-order valence-electron chi connectivity index (χ0n) is 14.4. The molecule has 0 unspecified atom stereocenters. The molecule has 0 aliphatic rings. The lowest BCUT2D eigenvalue weighted by Crippen LogP contribution is -2.29. The fourth-order valence-corrected chi connectivity index (χ4v) is 2.07. The number of ether oxygens (including phenoxy) is 1. The Hall–Kier alpha value is -3.53. The quantitative estimate of drug-likeness (QED) is 0.705. The maximum Gasteiger partial charge on any atom is 0.322 e. The number of hydrogen-bond acceptors (Lipinski definition) is 5. The third-order valence-corrected chi connectivity index (χ3v) is 3.57. The zero-order valence-corrected chi connectivity index (χ0v) is 14.4. The number of carboxylic acids is 1. The number of aromatic nitrogens is 1. The molecule has 1 aromatic heterocycles. The standard InChI is InChI=1S/C19H18N2O5/c1-12-5-3-7-16(13(12)2)26-8-4-6-14-9-15(22)18(20-10-14)19(25)21-11-17(23)24/h3,5,7,9-10,22H,8,11H2,1-2H3,(H,21,25)(H,23,24). The van der Waals surface area contributed by atoms with Crippen LogP contribution in [0.25, 0.3) is 0 Å². The molecule has 2 rings (SSSR count). The lowest BCUT2D eigenvalue weighted by atomic mass is 10.1.